The molecule has 0 radical (unpaired) electrons. The van der Waals surface area contributed by atoms with E-state index in [2.05, 4.69) is 10.4 Å². The van der Waals surface area contributed by atoms with Crippen LogP contribution < -0.4 is 5.32 Å². The summed E-state index contributed by atoms with van der Waals surface area (Å²) in [4.78, 5) is 17.3. The van der Waals surface area contributed by atoms with Gasteiger partial charge in [-0.05, 0) is 19.8 Å². The Hall–Kier alpha value is -2.47. The van der Waals surface area contributed by atoms with Crippen molar-refractivity contribution in [3.05, 3.63) is 47.5 Å². The van der Waals surface area contributed by atoms with Crippen molar-refractivity contribution in [1.29, 1.82) is 0 Å². The molecule has 2 aromatic heterocycles. The van der Waals surface area contributed by atoms with Crippen molar-refractivity contribution in [2.75, 3.05) is 5.32 Å². The van der Waals surface area contributed by atoms with Gasteiger partial charge in [-0.3, -0.25) is 4.79 Å². The third kappa shape index (κ3) is 3.55. The number of hydrogen-bond donors (Lipinski definition) is 1. The van der Waals surface area contributed by atoms with Gasteiger partial charge in [0.1, 0.15) is 5.82 Å². The van der Waals surface area contributed by atoms with Crippen LogP contribution in [0.2, 0.25) is 0 Å². The lowest BCUT2D eigenvalue weighted by molar-refractivity contribution is -0.120. The highest BCUT2D eigenvalue weighted by Crippen LogP contribution is 2.28. The van der Waals surface area contributed by atoms with Gasteiger partial charge in [0.25, 0.3) is 0 Å². The van der Waals surface area contributed by atoms with Gasteiger partial charge in [-0.15, -0.1) is 11.3 Å². The molecule has 1 N–H and O–H groups in total. The van der Waals surface area contributed by atoms with E-state index >= 15 is 0 Å². The molecule has 4 rings (SSSR count). The van der Waals surface area contributed by atoms with Crippen LogP contribution in [0, 0.1) is 12.8 Å². The van der Waals surface area contributed by atoms with Gasteiger partial charge in [0.05, 0.1) is 11.4 Å². The molecule has 1 aliphatic rings. The topological polar surface area (TPSA) is 59.8 Å². The Morgan fingerprint density at radius 2 is 1.96 bits per heavy atom. The number of anilines is 1. The van der Waals surface area contributed by atoms with Crippen molar-refractivity contribution in [1.82, 2.24) is 14.8 Å². The molecule has 0 bridgehead atoms. The van der Waals surface area contributed by atoms with E-state index in [9.17, 15) is 4.79 Å². The van der Waals surface area contributed by atoms with Gasteiger partial charge in [-0.2, -0.15) is 9.78 Å². The fourth-order valence-corrected chi connectivity index (χ4v) is 4.23. The van der Waals surface area contributed by atoms with Gasteiger partial charge >= 0.3 is 0 Å². The number of aromatic nitrogens is 3. The van der Waals surface area contributed by atoms with Crippen molar-refractivity contribution < 1.29 is 4.79 Å². The molecule has 0 spiro atoms. The number of aryl methyl sites for hydroxylation is 1. The quantitative estimate of drug-likeness (QED) is 0.720. The fraction of sp³-hybridized carbons (Fsp3) is 0.350. The van der Waals surface area contributed by atoms with Gasteiger partial charge in [0.2, 0.25) is 11.0 Å². The van der Waals surface area contributed by atoms with Gasteiger partial charge in [-0.1, -0.05) is 49.6 Å². The number of thiazole rings is 1. The minimum Gasteiger partial charge on any atom is -0.310 e. The van der Waals surface area contributed by atoms with E-state index in [1.165, 1.54) is 17.8 Å². The maximum absolute atomic E-state index is 12.6. The number of carbonyl (C=O) groups is 1. The summed E-state index contributed by atoms with van der Waals surface area (Å²) < 4.78 is 1.74. The SMILES string of the molecule is Cc1cc(NC(=O)C2CCCCC2)n(-c2nc(-c3ccccc3)cs2)n1. The average Bonchev–Trinajstić information content (AvgIpc) is 3.30. The number of rotatable bonds is 4. The molecule has 6 heteroatoms. The lowest BCUT2D eigenvalue weighted by atomic mass is 9.89. The zero-order valence-corrected chi connectivity index (χ0v) is 15.6. The van der Waals surface area contributed by atoms with Crippen LogP contribution >= 0.6 is 11.3 Å². The predicted molar refractivity (Wildman–Crippen MR) is 105 cm³/mol. The Bertz CT molecular complexity index is 894. The minimum atomic E-state index is 0.102. The Kier molecular flexibility index (Phi) is 4.84. The number of nitrogens with one attached hydrogen (secondary N) is 1. The number of hydrogen-bond acceptors (Lipinski definition) is 4. The Morgan fingerprint density at radius 1 is 1.19 bits per heavy atom. The molecular weight excluding hydrogens is 344 g/mol. The standard InChI is InChI=1S/C20H22N4OS/c1-14-12-18(22-19(25)16-10-6-3-7-11-16)24(23-14)20-21-17(13-26-20)15-8-4-2-5-9-15/h2,4-5,8-9,12-13,16H,3,6-7,10-11H2,1H3,(H,22,25). The normalized spacial score (nSPS) is 15.1. The smallest absolute Gasteiger partial charge is 0.228 e. The van der Waals surface area contributed by atoms with Gasteiger partial charge in [-0.25, -0.2) is 4.98 Å². The van der Waals surface area contributed by atoms with E-state index in [1.807, 2.05) is 48.7 Å². The van der Waals surface area contributed by atoms with E-state index < -0.39 is 0 Å². The number of amides is 1. The molecule has 3 aromatic rings. The van der Waals surface area contributed by atoms with Crippen molar-refractivity contribution in [2.45, 2.75) is 39.0 Å². The molecule has 1 aliphatic carbocycles. The van der Waals surface area contributed by atoms with Crippen molar-refractivity contribution in [3.8, 4) is 16.4 Å². The van der Waals surface area contributed by atoms with Crippen LogP contribution in [0.15, 0.2) is 41.8 Å². The predicted octanol–water partition coefficient (Wildman–Crippen LogP) is 4.82. The van der Waals surface area contributed by atoms with E-state index in [0.717, 1.165) is 47.8 Å². The Morgan fingerprint density at radius 3 is 2.73 bits per heavy atom. The van der Waals surface area contributed by atoms with E-state index in [0.29, 0.717) is 5.82 Å². The molecule has 5 nitrogen and oxygen atoms in total. The Labute approximate surface area is 157 Å². The molecule has 134 valence electrons. The molecule has 1 aromatic carbocycles. The van der Waals surface area contributed by atoms with Gasteiger partial charge in [0.15, 0.2) is 0 Å². The lowest BCUT2D eigenvalue weighted by Gasteiger charge is -2.20. The molecule has 1 saturated carbocycles. The maximum Gasteiger partial charge on any atom is 0.228 e. The second-order valence-electron chi connectivity index (χ2n) is 6.79. The summed E-state index contributed by atoms with van der Waals surface area (Å²) in [6, 6.07) is 12.0. The summed E-state index contributed by atoms with van der Waals surface area (Å²) >= 11 is 1.53. The van der Waals surface area contributed by atoms with Crippen LogP contribution in [0.4, 0.5) is 5.82 Å². The monoisotopic (exact) mass is 366 g/mol. The molecule has 0 unspecified atom stereocenters. The summed E-state index contributed by atoms with van der Waals surface area (Å²) in [5.41, 5.74) is 2.86. The largest absolute Gasteiger partial charge is 0.310 e. The van der Waals surface area contributed by atoms with Crippen LogP contribution in [0.3, 0.4) is 0 Å². The summed E-state index contributed by atoms with van der Waals surface area (Å²) in [6.07, 6.45) is 5.48. The van der Waals surface area contributed by atoms with Crippen LogP contribution in [0.5, 0.6) is 0 Å². The first-order chi connectivity index (χ1) is 12.7. The van der Waals surface area contributed by atoms with Crippen molar-refractivity contribution in [2.24, 2.45) is 5.92 Å². The highest BCUT2D eigenvalue weighted by Gasteiger charge is 2.23. The van der Waals surface area contributed by atoms with E-state index in [-0.39, 0.29) is 11.8 Å². The van der Waals surface area contributed by atoms with Crippen LogP contribution in [0.1, 0.15) is 37.8 Å². The van der Waals surface area contributed by atoms with Gasteiger partial charge in [0, 0.05) is 22.9 Å². The average molecular weight is 366 g/mol. The zero-order valence-electron chi connectivity index (χ0n) is 14.8. The second-order valence-corrected chi connectivity index (χ2v) is 7.62. The Balaban J connectivity index is 1.58. The first-order valence-electron chi connectivity index (χ1n) is 9.09. The van der Waals surface area contributed by atoms with Gasteiger partial charge < -0.3 is 5.32 Å². The van der Waals surface area contributed by atoms with Crippen LogP contribution in [0.25, 0.3) is 16.4 Å². The number of benzene rings is 1. The second kappa shape index (κ2) is 7.41. The van der Waals surface area contributed by atoms with E-state index in [1.54, 1.807) is 4.68 Å². The third-order valence-corrected chi connectivity index (χ3v) is 5.62. The minimum absolute atomic E-state index is 0.102. The number of nitrogens with zero attached hydrogens (tertiary/aromatic N) is 3. The summed E-state index contributed by atoms with van der Waals surface area (Å²) in [7, 11) is 0. The first-order valence-corrected chi connectivity index (χ1v) is 9.97. The number of carbonyl (C=O) groups excluding carboxylic acids is 1. The molecule has 26 heavy (non-hydrogen) atoms. The molecule has 1 amide bonds. The van der Waals surface area contributed by atoms with Crippen molar-refractivity contribution in [3.63, 3.8) is 0 Å². The highest BCUT2D eigenvalue weighted by molar-refractivity contribution is 7.12. The molecular formula is C20H22N4OS. The van der Waals surface area contributed by atoms with E-state index in [4.69, 9.17) is 4.98 Å². The third-order valence-electron chi connectivity index (χ3n) is 4.80. The summed E-state index contributed by atoms with van der Waals surface area (Å²) in [5.74, 6) is 0.918. The molecule has 0 saturated heterocycles. The maximum atomic E-state index is 12.6. The molecule has 1 fully saturated rings. The molecule has 0 aliphatic heterocycles. The highest BCUT2D eigenvalue weighted by atomic mass is 32.1. The lowest BCUT2D eigenvalue weighted by Crippen LogP contribution is -2.25. The summed E-state index contributed by atoms with van der Waals surface area (Å²) in [5, 5.41) is 10.4. The first kappa shape index (κ1) is 17.0. The van der Waals surface area contributed by atoms with Crippen molar-refractivity contribution >= 4 is 23.1 Å². The van der Waals surface area contributed by atoms with Crippen LogP contribution in [-0.2, 0) is 4.79 Å². The summed E-state index contributed by atoms with van der Waals surface area (Å²) in [6.45, 7) is 1.93. The zero-order chi connectivity index (χ0) is 17.9. The van der Waals surface area contributed by atoms with Crippen LogP contribution in [-0.4, -0.2) is 20.7 Å². The molecule has 2 heterocycles. The molecule has 0 atom stereocenters. The fourth-order valence-electron chi connectivity index (χ4n) is 3.43.